The number of anilines is 2. The molecule has 0 aliphatic heterocycles. The van der Waals surface area contributed by atoms with Crippen molar-refractivity contribution in [2.45, 2.75) is 25.2 Å². The van der Waals surface area contributed by atoms with Gasteiger partial charge in [-0.05, 0) is 67.9 Å². The largest absolute Gasteiger partial charge is 0.352 e. The third kappa shape index (κ3) is 6.34. The minimum absolute atomic E-state index is 0.0325. The van der Waals surface area contributed by atoms with Crippen LogP contribution in [0.15, 0.2) is 71.6 Å². The molecule has 9 heteroatoms. The molecule has 33 heavy (non-hydrogen) atoms. The van der Waals surface area contributed by atoms with Crippen molar-refractivity contribution in [2.75, 3.05) is 16.6 Å². The first-order valence-electron chi connectivity index (χ1n) is 10.3. The van der Waals surface area contributed by atoms with E-state index in [1.54, 1.807) is 18.2 Å². The van der Waals surface area contributed by atoms with Crippen LogP contribution < -0.4 is 15.4 Å². The van der Waals surface area contributed by atoms with Crippen LogP contribution in [-0.2, 0) is 10.0 Å². The van der Waals surface area contributed by atoms with E-state index in [0.717, 1.165) is 12.0 Å². The number of halogens is 1. The molecule has 0 aromatic heterocycles. The summed E-state index contributed by atoms with van der Waals surface area (Å²) in [6.07, 6.45) is 0.805. The summed E-state index contributed by atoms with van der Waals surface area (Å²) < 4.78 is 27.7. The number of sulfonamides is 1. The highest BCUT2D eigenvalue weighted by atomic mass is 35.5. The zero-order valence-corrected chi connectivity index (χ0v) is 19.8. The van der Waals surface area contributed by atoms with E-state index in [0.29, 0.717) is 23.5 Å². The summed E-state index contributed by atoms with van der Waals surface area (Å²) in [5, 5.41) is 5.65. The molecule has 172 valence electrons. The minimum Gasteiger partial charge on any atom is -0.352 e. The monoisotopic (exact) mass is 485 g/mol. The molecule has 3 rings (SSSR count). The summed E-state index contributed by atoms with van der Waals surface area (Å²) in [6, 6.07) is 17.1. The first-order chi connectivity index (χ1) is 15.7. The zero-order valence-electron chi connectivity index (χ0n) is 18.2. The van der Waals surface area contributed by atoms with Crippen molar-refractivity contribution in [1.29, 1.82) is 0 Å². The van der Waals surface area contributed by atoms with Crippen LogP contribution in [0.3, 0.4) is 0 Å². The molecule has 0 aliphatic carbocycles. The third-order valence-electron chi connectivity index (χ3n) is 4.74. The average Bonchev–Trinajstić information content (AvgIpc) is 2.79. The smallest absolute Gasteiger partial charge is 0.261 e. The minimum atomic E-state index is -3.79. The van der Waals surface area contributed by atoms with E-state index in [9.17, 15) is 18.0 Å². The van der Waals surface area contributed by atoms with Gasteiger partial charge in [-0.3, -0.25) is 14.3 Å². The second-order valence-corrected chi connectivity index (χ2v) is 9.49. The predicted octanol–water partition coefficient (Wildman–Crippen LogP) is 4.84. The van der Waals surface area contributed by atoms with Crippen LogP contribution >= 0.6 is 11.6 Å². The molecule has 2 amide bonds. The predicted molar refractivity (Wildman–Crippen MR) is 130 cm³/mol. The molecule has 0 saturated heterocycles. The van der Waals surface area contributed by atoms with Gasteiger partial charge < -0.3 is 10.6 Å². The Morgan fingerprint density at radius 3 is 2.12 bits per heavy atom. The van der Waals surface area contributed by atoms with Gasteiger partial charge in [0, 0.05) is 23.5 Å². The summed E-state index contributed by atoms with van der Waals surface area (Å²) >= 11 is 6.19. The first-order valence-corrected chi connectivity index (χ1v) is 12.1. The molecular weight excluding hydrogens is 462 g/mol. The lowest BCUT2D eigenvalue weighted by molar-refractivity contribution is 0.0953. The van der Waals surface area contributed by atoms with Gasteiger partial charge in [0.05, 0.1) is 15.5 Å². The first kappa shape index (κ1) is 24.3. The van der Waals surface area contributed by atoms with Crippen molar-refractivity contribution in [3.05, 3.63) is 88.4 Å². The van der Waals surface area contributed by atoms with Gasteiger partial charge in [-0.1, -0.05) is 36.2 Å². The van der Waals surface area contributed by atoms with Crippen molar-refractivity contribution >= 4 is 44.8 Å². The van der Waals surface area contributed by atoms with Gasteiger partial charge in [-0.15, -0.1) is 0 Å². The maximum Gasteiger partial charge on any atom is 0.261 e. The number of rotatable bonds is 8. The van der Waals surface area contributed by atoms with Crippen molar-refractivity contribution in [2.24, 2.45) is 0 Å². The second-order valence-electron chi connectivity index (χ2n) is 7.40. The fourth-order valence-corrected chi connectivity index (χ4v) is 4.26. The van der Waals surface area contributed by atoms with Gasteiger partial charge in [0.1, 0.15) is 0 Å². The quantitative estimate of drug-likeness (QED) is 0.424. The number of nitrogens with one attached hydrogen (secondary N) is 3. The number of carbonyl (C=O) groups excluding carboxylic acids is 2. The van der Waals surface area contributed by atoms with Crippen LogP contribution in [0.25, 0.3) is 0 Å². The summed E-state index contributed by atoms with van der Waals surface area (Å²) in [7, 11) is -3.79. The van der Waals surface area contributed by atoms with Gasteiger partial charge in [0.15, 0.2) is 0 Å². The molecule has 0 heterocycles. The summed E-state index contributed by atoms with van der Waals surface area (Å²) in [6.45, 7) is 4.40. The highest BCUT2D eigenvalue weighted by molar-refractivity contribution is 7.92. The molecule has 3 aromatic carbocycles. The standard InChI is InChI=1S/C24H24ClN3O4S/c1-3-14-26-24(30)21-13-10-19(15-22(21)25)27-23(29)17-6-11-20(12-7-17)33(31,32)28-18-8-4-16(2)5-9-18/h4-13,15,28H,3,14H2,1-2H3,(H,26,30)(H,27,29). The van der Waals surface area contributed by atoms with Crippen molar-refractivity contribution in [3.63, 3.8) is 0 Å². The normalized spacial score (nSPS) is 11.0. The van der Waals surface area contributed by atoms with E-state index in [1.165, 1.54) is 36.4 Å². The van der Waals surface area contributed by atoms with Crippen molar-refractivity contribution in [1.82, 2.24) is 5.32 Å². The number of hydrogen-bond donors (Lipinski definition) is 3. The van der Waals surface area contributed by atoms with E-state index in [2.05, 4.69) is 15.4 Å². The SMILES string of the molecule is CCCNC(=O)c1ccc(NC(=O)c2ccc(S(=O)(=O)Nc3ccc(C)cc3)cc2)cc1Cl. The molecule has 3 aromatic rings. The summed E-state index contributed by atoms with van der Waals surface area (Å²) in [5.41, 5.74) is 2.47. The maximum absolute atomic E-state index is 12.6. The van der Waals surface area contributed by atoms with Crippen LogP contribution in [-0.4, -0.2) is 26.8 Å². The van der Waals surface area contributed by atoms with Gasteiger partial charge in [-0.25, -0.2) is 8.42 Å². The molecule has 0 aliphatic rings. The molecule has 0 radical (unpaired) electrons. The molecule has 0 atom stereocenters. The number of hydrogen-bond acceptors (Lipinski definition) is 4. The van der Waals surface area contributed by atoms with Crippen LogP contribution in [0.2, 0.25) is 5.02 Å². The summed E-state index contributed by atoms with van der Waals surface area (Å²) in [4.78, 5) is 24.7. The fraction of sp³-hybridized carbons (Fsp3) is 0.167. The molecule has 0 spiro atoms. The van der Waals surface area contributed by atoms with E-state index in [-0.39, 0.29) is 21.4 Å². The average molecular weight is 486 g/mol. The van der Waals surface area contributed by atoms with Crippen molar-refractivity contribution < 1.29 is 18.0 Å². The topological polar surface area (TPSA) is 104 Å². The van der Waals surface area contributed by atoms with Crippen LogP contribution in [0.1, 0.15) is 39.6 Å². The van der Waals surface area contributed by atoms with Crippen LogP contribution in [0.4, 0.5) is 11.4 Å². The zero-order chi connectivity index (χ0) is 24.0. The fourth-order valence-electron chi connectivity index (χ4n) is 2.94. The molecular formula is C24H24ClN3O4S. The Kier molecular flexibility index (Phi) is 7.73. The van der Waals surface area contributed by atoms with Crippen LogP contribution in [0, 0.1) is 6.92 Å². The highest BCUT2D eigenvalue weighted by Crippen LogP contribution is 2.22. The Bertz CT molecular complexity index is 1260. The molecule has 0 unspecified atom stereocenters. The van der Waals surface area contributed by atoms with Gasteiger partial charge in [0.2, 0.25) is 0 Å². The molecule has 7 nitrogen and oxygen atoms in total. The lowest BCUT2D eigenvalue weighted by Gasteiger charge is -2.10. The Morgan fingerprint density at radius 1 is 0.879 bits per heavy atom. The Morgan fingerprint density at radius 2 is 1.52 bits per heavy atom. The molecule has 0 fully saturated rings. The van der Waals surface area contributed by atoms with Gasteiger partial charge in [0.25, 0.3) is 21.8 Å². The van der Waals surface area contributed by atoms with E-state index < -0.39 is 15.9 Å². The van der Waals surface area contributed by atoms with Crippen molar-refractivity contribution in [3.8, 4) is 0 Å². The Hall–Kier alpha value is -3.36. The lowest BCUT2D eigenvalue weighted by Crippen LogP contribution is -2.24. The third-order valence-corrected chi connectivity index (χ3v) is 6.45. The number of benzene rings is 3. The molecule has 0 bridgehead atoms. The van der Waals surface area contributed by atoms with E-state index in [1.807, 2.05) is 26.0 Å². The highest BCUT2D eigenvalue weighted by Gasteiger charge is 2.16. The van der Waals surface area contributed by atoms with E-state index >= 15 is 0 Å². The molecule has 3 N–H and O–H groups in total. The number of amides is 2. The Balaban J connectivity index is 1.68. The maximum atomic E-state index is 12.6. The number of aryl methyl sites for hydroxylation is 1. The molecule has 0 saturated carbocycles. The van der Waals surface area contributed by atoms with Gasteiger partial charge in [-0.2, -0.15) is 0 Å². The van der Waals surface area contributed by atoms with Crippen LogP contribution in [0.5, 0.6) is 0 Å². The van der Waals surface area contributed by atoms with E-state index in [4.69, 9.17) is 11.6 Å². The number of carbonyl (C=O) groups is 2. The Labute approximate surface area is 198 Å². The summed E-state index contributed by atoms with van der Waals surface area (Å²) in [5.74, 6) is -0.722. The lowest BCUT2D eigenvalue weighted by atomic mass is 10.1. The second kappa shape index (κ2) is 10.5. The van der Waals surface area contributed by atoms with Gasteiger partial charge >= 0.3 is 0 Å².